The van der Waals surface area contributed by atoms with E-state index in [9.17, 15) is 8.42 Å². The lowest BCUT2D eigenvalue weighted by Crippen LogP contribution is -2.25. The quantitative estimate of drug-likeness (QED) is 0.942. The molecule has 0 saturated heterocycles. The Bertz CT molecular complexity index is 645. The lowest BCUT2D eigenvalue weighted by molar-refractivity contribution is 0.441. The van der Waals surface area contributed by atoms with E-state index in [0.29, 0.717) is 10.1 Å². The fourth-order valence-electron chi connectivity index (χ4n) is 1.48. The lowest BCUT2D eigenvalue weighted by atomic mass is 10.3. The molecule has 0 spiro atoms. The van der Waals surface area contributed by atoms with Crippen LogP contribution >= 0.6 is 22.9 Å². The van der Waals surface area contributed by atoms with Gasteiger partial charge in [0.25, 0.3) is 10.0 Å². The molecular formula is C11H12ClNO3S2. The molecule has 0 bridgehead atoms. The summed E-state index contributed by atoms with van der Waals surface area (Å²) in [4.78, 5) is 0. The van der Waals surface area contributed by atoms with E-state index < -0.39 is 16.1 Å². The minimum Gasteiger partial charge on any atom is -0.465 e. The molecule has 2 aromatic rings. The molecule has 2 heterocycles. The minimum atomic E-state index is -3.55. The molecule has 1 atom stereocenters. The number of nitrogens with one attached hydrogen (secondary N) is 1. The number of halogens is 1. The van der Waals surface area contributed by atoms with E-state index in [-0.39, 0.29) is 4.21 Å². The van der Waals surface area contributed by atoms with Gasteiger partial charge in [0.05, 0.1) is 10.4 Å². The number of sulfonamides is 1. The van der Waals surface area contributed by atoms with Crippen LogP contribution in [0.2, 0.25) is 4.34 Å². The largest absolute Gasteiger partial charge is 0.465 e. The van der Waals surface area contributed by atoms with Crippen LogP contribution in [0.25, 0.3) is 0 Å². The van der Waals surface area contributed by atoms with Crippen molar-refractivity contribution in [2.24, 2.45) is 0 Å². The van der Waals surface area contributed by atoms with Crippen LogP contribution in [0, 0.1) is 6.92 Å². The van der Waals surface area contributed by atoms with E-state index in [0.717, 1.165) is 17.1 Å². The second kappa shape index (κ2) is 5.05. The number of furan rings is 1. The summed E-state index contributed by atoms with van der Waals surface area (Å²) in [6.45, 7) is 3.54. The SMILES string of the molecule is Cc1ccc([C@@H](C)NS(=O)(=O)c2ccc(Cl)s2)o1. The van der Waals surface area contributed by atoms with Gasteiger partial charge in [-0.25, -0.2) is 13.1 Å². The standard InChI is InChI=1S/C11H12ClNO3S2/c1-7-3-4-9(16-7)8(2)13-18(14,15)11-6-5-10(12)17-11/h3-6,8,13H,1-2H3/t8-/m1/s1. The van der Waals surface area contributed by atoms with Gasteiger partial charge in [0.1, 0.15) is 15.7 Å². The van der Waals surface area contributed by atoms with Gasteiger partial charge in [0, 0.05) is 0 Å². The first-order valence-electron chi connectivity index (χ1n) is 5.22. The number of hydrogen-bond donors (Lipinski definition) is 1. The smallest absolute Gasteiger partial charge is 0.250 e. The van der Waals surface area contributed by atoms with Crippen molar-refractivity contribution in [3.05, 3.63) is 40.1 Å². The number of thiophene rings is 1. The van der Waals surface area contributed by atoms with Crippen molar-refractivity contribution in [3.8, 4) is 0 Å². The van der Waals surface area contributed by atoms with Crippen molar-refractivity contribution in [1.82, 2.24) is 4.72 Å². The van der Waals surface area contributed by atoms with Crippen LogP contribution in [0.1, 0.15) is 24.5 Å². The van der Waals surface area contributed by atoms with Crippen LogP contribution in [0.3, 0.4) is 0 Å². The maximum Gasteiger partial charge on any atom is 0.250 e. The van der Waals surface area contributed by atoms with Crippen molar-refractivity contribution in [2.45, 2.75) is 24.1 Å². The van der Waals surface area contributed by atoms with Crippen LogP contribution in [0.4, 0.5) is 0 Å². The van der Waals surface area contributed by atoms with Crippen molar-refractivity contribution in [2.75, 3.05) is 0 Å². The van der Waals surface area contributed by atoms with Gasteiger partial charge in [0.15, 0.2) is 0 Å². The molecule has 0 amide bonds. The zero-order chi connectivity index (χ0) is 13.3. The van der Waals surface area contributed by atoms with Gasteiger partial charge >= 0.3 is 0 Å². The molecule has 0 saturated carbocycles. The third kappa shape index (κ3) is 2.95. The second-order valence-corrected chi connectivity index (χ2v) is 7.51. The highest BCUT2D eigenvalue weighted by molar-refractivity contribution is 7.91. The van der Waals surface area contributed by atoms with Crippen LogP contribution in [0.15, 0.2) is 32.9 Å². The van der Waals surface area contributed by atoms with Crippen LogP contribution in [-0.2, 0) is 10.0 Å². The van der Waals surface area contributed by atoms with Crippen molar-refractivity contribution in [1.29, 1.82) is 0 Å². The Balaban J connectivity index is 2.18. The van der Waals surface area contributed by atoms with Gasteiger partial charge in [-0.05, 0) is 38.1 Å². The van der Waals surface area contributed by atoms with Gasteiger partial charge < -0.3 is 4.42 Å². The molecule has 4 nitrogen and oxygen atoms in total. The van der Waals surface area contributed by atoms with E-state index >= 15 is 0 Å². The molecule has 0 aliphatic heterocycles. The van der Waals surface area contributed by atoms with E-state index in [1.54, 1.807) is 25.1 Å². The highest BCUT2D eigenvalue weighted by Gasteiger charge is 2.21. The predicted molar refractivity (Wildman–Crippen MR) is 71.5 cm³/mol. The highest BCUT2D eigenvalue weighted by atomic mass is 35.5. The number of hydrogen-bond acceptors (Lipinski definition) is 4. The van der Waals surface area contributed by atoms with Crippen LogP contribution in [0.5, 0.6) is 0 Å². The molecule has 0 aromatic carbocycles. The summed E-state index contributed by atoms with van der Waals surface area (Å²) in [6, 6.07) is 6.16. The molecule has 2 aromatic heterocycles. The van der Waals surface area contributed by atoms with E-state index in [1.807, 2.05) is 6.92 Å². The summed E-state index contributed by atoms with van der Waals surface area (Å²) in [6.07, 6.45) is 0. The Morgan fingerprint density at radius 1 is 1.33 bits per heavy atom. The van der Waals surface area contributed by atoms with Crippen molar-refractivity contribution < 1.29 is 12.8 Å². The second-order valence-electron chi connectivity index (χ2n) is 3.85. The predicted octanol–water partition coefficient (Wildman–Crippen LogP) is 3.34. The maximum atomic E-state index is 12.0. The fraction of sp³-hybridized carbons (Fsp3) is 0.273. The summed E-state index contributed by atoms with van der Waals surface area (Å²) >= 11 is 6.75. The molecule has 0 fully saturated rings. The zero-order valence-corrected chi connectivity index (χ0v) is 12.2. The van der Waals surface area contributed by atoms with Gasteiger partial charge in [-0.2, -0.15) is 0 Å². The van der Waals surface area contributed by atoms with E-state index in [4.69, 9.17) is 16.0 Å². The summed E-state index contributed by atoms with van der Waals surface area (Å²) in [7, 11) is -3.55. The molecule has 7 heteroatoms. The Morgan fingerprint density at radius 3 is 2.56 bits per heavy atom. The minimum absolute atomic E-state index is 0.197. The Morgan fingerprint density at radius 2 is 2.06 bits per heavy atom. The maximum absolute atomic E-state index is 12.0. The van der Waals surface area contributed by atoms with Gasteiger partial charge in [0.2, 0.25) is 0 Å². The summed E-state index contributed by atoms with van der Waals surface area (Å²) in [5.41, 5.74) is 0. The van der Waals surface area contributed by atoms with E-state index in [2.05, 4.69) is 4.72 Å². The fourth-order valence-corrected chi connectivity index (χ4v) is 4.19. The highest BCUT2D eigenvalue weighted by Crippen LogP contribution is 2.27. The summed E-state index contributed by atoms with van der Waals surface area (Å²) in [5, 5.41) is 0. The summed E-state index contributed by atoms with van der Waals surface area (Å²) < 4.78 is 32.6. The molecule has 0 aliphatic carbocycles. The van der Waals surface area contributed by atoms with Gasteiger partial charge in [-0.3, -0.25) is 0 Å². The Labute approximate surface area is 115 Å². The van der Waals surface area contributed by atoms with Crippen LogP contribution < -0.4 is 4.72 Å². The van der Waals surface area contributed by atoms with Gasteiger partial charge in [-0.1, -0.05) is 11.6 Å². The molecule has 1 N–H and O–H groups in total. The molecule has 0 radical (unpaired) electrons. The normalized spacial score (nSPS) is 13.7. The first-order chi connectivity index (χ1) is 8.38. The third-order valence-electron chi connectivity index (χ3n) is 2.33. The average molecular weight is 306 g/mol. The average Bonchev–Trinajstić information content (AvgIpc) is 2.86. The monoisotopic (exact) mass is 305 g/mol. The molecule has 2 rings (SSSR count). The number of aryl methyl sites for hydroxylation is 1. The van der Waals surface area contributed by atoms with Gasteiger partial charge in [-0.15, -0.1) is 11.3 Å². The molecular weight excluding hydrogens is 294 g/mol. The molecule has 18 heavy (non-hydrogen) atoms. The Hall–Kier alpha value is -0.820. The van der Waals surface area contributed by atoms with Crippen LogP contribution in [-0.4, -0.2) is 8.42 Å². The summed E-state index contributed by atoms with van der Waals surface area (Å²) in [5.74, 6) is 1.33. The molecule has 98 valence electrons. The van der Waals surface area contributed by atoms with Crippen molar-refractivity contribution in [3.63, 3.8) is 0 Å². The third-order valence-corrected chi connectivity index (χ3v) is 5.60. The first-order valence-corrected chi connectivity index (χ1v) is 7.90. The molecule has 0 aliphatic rings. The number of rotatable bonds is 4. The topological polar surface area (TPSA) is 59.3 Å². The zero-order valence-electron chi connectivity index (χ0n) is 9.81. The van der Waals surface area contributed by atoms with E-state index in [1.165, 1.54) is 6.07 Å². The first kappa shape index (κ1) is 13.6. The van der Waals surface area contributed by atoms with Crippen molar-refractivity contribution >= 4 is 33.0 Å². The lowest BCUT2D eigenvalue weighted by Gasteiger charge is -2.10. The molecule has 0 unspecified atom stereocenters. The Kier molecular flexibility index (Phi) is 3.82.